The lowest BCUT2D eigenvalue weighted by atomic mass is 9.94. The summed E-state index contributed by atoms with van der Waals surface area (Å²) in [4.78, 5) is 7.98. The summed E-state index contributed by atoms with van der Waals surface area (Å²) in [7, 11) is -3.51. The van der Waals surface area contributed by atoms with Gasteiger partial charge in [-0.25, -0.2) is 18.4 Å². The Hall–Kier alpha value is -2.40. The maximum Gasteiger partial charge on any atom is 0.211 e. The van der Waals surface area contributed by atoms with E-state index < -0.39 is 15.3 Å². The molecule has 2 N–H and O–H groups in total. The van der Waals surface area contributed by atoms with Gasteiger partial charge in [0, 0.05) is 41.3 Å². The Labute approximate surface area is 181 Å². The van der Waals surface area contributed by atoms with Crippen molar-refractivity contribution in [1.29, 1.82) is 0 Å². The second-order valence-corrected chi connectivity index (χ2v) is 10.3. The fourth-order valence-corrected chi connectivity index (χ4v) is 5.54. The topological polar surface area (TPSA) is 82.3 Å². The normalized spacial score (nSPS) is 19.7. The van der Waals surface area contributed by atoms with Crippen LogP contribution in [0.15, 0.2) is 30.7 Å². The Balaban J connectivity index is 1.86. The van der Waals surface area contributed by atoms with Crippen LogP contribution in [0.25, 0.3) is 26.9 Å². The highest BCUT2D eigenvalue weighted by atomic mass is 35.5. The van der Waals surface area contributed by atoms with E-state index in [0.29, 0.717) is 23.6 Å². The molecule has 2 heterocycles. The van der Waals surface area contributed by atoms with Crippen LogP contribution in [0.4, 0.5) is 5.69 Å². The number of hydrogen-bond acceptors (Lipinski definition) is 3. The Morgan fingerprint density at radius 2 is 1.83 bits per heavy atom. The van der Waals surface area contributed by atoms with Crippen LogP contribution in [-0.2, 0) is 10.0 Å². The maximum atomic E-state index is 11.7. The molecule has 0 saturated heterocycles. The lowest BCUT2D eigenvalue weighted by Crippen LogP contribution is -2.32. The molecule has 8 heteroatoms. The minimum atomic E-state index is -3.51. The van der Waals surface area contributed by atoms with Crippen molar-refractivity contribution in [2.45, 2.75) is 50.8 Å². The fourth-order valence-electron chi connectivity index (χ4n) is 4.42. The van der Waals surface area contributed by atoms with E-state index in [9.17, 15) is 8.42 Å². The summed E-state index contributed by atoms with van der Waals surface area (Å²) in [6.07, 6.45) is 8.11. The van der Waals surface area contributed by atoms with Crippen LogP contribution in [0.5, 0.6) is 0 Å². The SMILES string of the molecule is [C-]#[N+]c1cc2c(-c3cncc(C)c3Cl)cn(C3CCC(S(N)(=O)=O)CC3)c2cc1C. The van der Waals surface area contributed by atoms with Crippen LogP contribution in [0.1, 0.15) is 42.9 Å². The number of nitrogens with zero attached hydrogens (tertiary/aromatic N) is 3. The highest BCUT2D eigenvalue weighted by molar-refractivity contribution is 7.89. The van der Waals surface area contributed by atoms with Gasteiger partial charge in [0.1, 0.15) is 0 Å². The second-order valence-electron chi connectivity index (χ2n) is 8.06. The summed E-state index contributed by atoms with van der Waals surface area (Å²) in [5, 5.41) is 6.49. The van der Waals surface area contributed by atoms with Crippen LogP contribution in [0.2, 0.25) is 5.02 Å². The van der Waals surface area contributed by atoms with Crippen molar-refractivity contribution in [2.24, 2.45) is 5.14 Å². The third-order valence-corrected chi connectivity index (χ3v) is 8.02. The molecule has 3 aromatic rings. The lowest BCUT2D eigenvalue weighted by molar-refractivity contribution is 0.359. The van der Waals surface area contributed by atoms with E-state index in [-0.39, 0.29) is 6.04 Å². The standard InChI is InChI=1S/C22H23ClN4O2S/c1-13-8-21-17(9-20(13)25-3)19(18-11-26-10-14(2)22(18)23)12-27(21)15-4-6-16(7-5-15)30(24,28)29/h8-12,15-16H,4-7H2,1-2H3,(H2,24,28,29). The number of primary sulfonamides is 1. The number of hydrogen-bond donors (Lipinski definition) is 1. The first-order valence-electron chi connectivity index (χ1n) is 9.85. The molecule has 0 unspecified atom stereocenters. The van der Waals surface area contributed by atoms with E-state index in [2.05, 4.69) is 20.6 Å². The molecule has 1 aliphatic rings. The third-order valence-electron chi connectivity index (χ3n) is 6.12. The number of nitrogens with two attached hydrogens (primary N) is 1. The van der Waals surface area contributed by atoms with Crippen molar-refractivity contribution in [3.8, 4) is 11.1 Å². The first-order valence-corrected chi connectivity index (χ1v) is 11.8. The number of aromatic nitrogens is 2. The van der Waals surface area contributed by atoms with Gasteiger partial charge >= 0.3 is 0 Å². The summed E-state index contributed by atoms with van der Waals surface area (Å²) in [6.45, 7) is 11.4. The molecular weight excluding hydrogens is 420 g/mol. The monoisotopic (exact) mass is 442 g/mol. The summed E-state index contributed by atoms with van der Waals surface area (Å²) >= 11 is 6.61. The maximum absolute atomic E-state index is 11.7. The molecule has 6 nitrogen and oxygen atoms in total. The van der Waals surface area contributed by atoms with E-state index >= 15 is 0 Å². The van der Waals surface area contributed by atoms with Gasteiger partial charge < -0.3 is 4.57 Å². The van der Waals surface area contributed by atoms with Crippen LogP contribution in [-0.4, -0.2) is 23.2 Å². The molecule has 0 spiro atoms. The number of benzene rings is 1. The Kier molecular flexibility index (Phi) is 5.35. The van der Waals surface area contributed by atoms with Crippen LogP contribution < -0.4 is 5.14 Å². The Morgan fingerprint density at radius 1 is 1.13 bits per heavy atom. The van der Waals surface area contributed by atoms with Gasteiger partial charge in [0.15, 0.2) is 5.69 Å². The molecule has 0 bridgehead atoms. The van der Waals surface area contributed by atoms with Gasteiger partial charge in [-0.3, -0.25) is 4.98 Å². The Morgan fingerprint density at radius 3 is 2.47 bits per heavy atom. The molecule has 156 valence electrons. The number of fused-ring (bicyclic) bond motifs is 1. The van der Waals surface area contributed by atoms with Gasteiger partial charge in [-0.1, -0.05) is 11.6 Å². The molecule has 0 atom stereocenters. The molecule has 30 heavy (non-hydrogen) atoms. The zero-order chi connectivity index (χ0) is 21.6. The molecule has 1 aromatic carbocycles. The van der Waals surface area contributed by atoms with E-state index in [1.165, 1.54) is 0 Å². The van der Waals surface area contributed by atoms with Gasteiger partial charge in [-0.2, -0.15) is 0 Å². The minimum absolute atomic E-state index is 0.161. The first-order chi connectivity index (χ1) is 14.2. The van der Waals surface area contributed by atoms with Crippen molar-refractivity contribution in [3.63, 3.8) is 0 Å². The number of pyridine rings is 1. The van der Waals surface area contributed by atoms with Gasteiger partial charge in [-0.05, 0) is 68.2 Å². The van der Waals surface area contributed by atoms with Crippen LogP contribution >= 0.6 is 11.6 Å². The van der Waals surface area contributed by atoms with Crippen molar-refractivity contribution in [2.75, 3.05) is 0 Å². The minimum Gasteiger partial charge on any atom is -0.344 e. The largest absolute Gasteiger partial charge is 0.344 e. The van der Waals surface area contributed by atoms with Crippen molar-refractivity contribution < 1.29 is 8.42 Å². The number of halogens is 1. The van der Waals surface area contributed by atoms with Gasteiger partial charge in [0.2, 0.25) is 10.0 Å². The molecule has 0 radical (unpaired) electrons. The predicted molar refractivity (Wildman–Crippen MR) is 120 cm³/mol. The smallest absolute Gasteiger partial charge is 0.211 e. The zero-order valence-electron chi connectivity index (χ0n) is 16.9. The highest BCUT2D eigenvalue weighted by Gasteiger charge is 2.30. The fraction of sp³-hybridized carbons (Fsp3) is 0.364. The third kappa shape index (κ3) is 3.60. The van der Waals surface area contributed by atoms with Gasteiger partial charge in [-0.15, -0.1) is 0 Å². The molecule has 1 fully saturated rings. The second kappa shape index (κ2) is 7.69. The highest BCUT2D eigenvalue weighted by Crippen LogP contribution is 2.42. The summed E-state index contributed by atoms with van der Waals surface area (Å²) in [6, 6.07) is 4.11. The van der Waals surface area contributed by atoms with Crippen molar-refractivity contribution in [3.05, 3.63) is 58.3 Å². The Bertz CT molecular complexity index is 1280. The van der Waals surface area contributed by atoms with E-state index in [4.69, 9.17) is 23.3 Å². The molecule has 4 rings (SSSR count). The molecule has 2 aromatic heterocycles. The van der Waals surface area contributed by atoms with Crippen molar-refractivity contribution >= 4 is 38.2 Å². The zero-order valence-corrected chi connectivity index (χ0v) is 18.5. The lowest BCUT2D eigenvalue weighted by Gasteiger charge is -2.29. The van der Waals surface area contributed by atoms with E-state index in [1.807, 2.05) is 26.0 Å². The average Bonchev–Trinajstić information content (AvgIpc) is 3.07. The molecule has 1 aliphatic carbocycles. The van der Waals surface area contributed by atoms with Gasteiger partial charge in [0.25, 0.3) is 0 Å². The molecule has 0 amide bonds. The summed E-state index contributed by atoms with van der Waals surface area (Å²) in [5.74, 6) is 0. The quantitative estimate of drug-likeness (QED) is 0.559. The molecule has 0 aliphatic heterocycles. The van der Waals surface area contributed by atoms with Crippen LogP contribution in [0.3, 0.4) is 0 Å². The van der Waals surface area contributed by atoms with Crippen molar-refractivity contribution in [1.82, 2.24) is 9.55 Å². The van der Waals surface area contributed by atoms with Gasteiger partial charge in [0.05, 0.1) is 16.8 Å². The van der Waals surface area contributed by atoms with E-state index in [0.717, 1.165) is 46.0 Å². The predicted octanol–water partition coefficient (Wildman–Crippen LogP) is 5.30. The van der Waals surface area contributed by atoms with Crippen LogP contribution in [0, 0.1) is 20.4 Å². The summed E-state index contributed by atoms with van der Waals surface area (Å²) in [5.41, 5.74) is 5.20. The number of sulfonamides is 1. The molecule has 1 saturated carbocycles. The average molecular weight is 443 g/mol. The number of aryl methyl sites for hydroxylation is 2. The number of rotatable bonds is 3. The molecular formula is C22H23ClN4O2S. The van der Waals surface area contributed by atoms with E-state index in [1.54, 1.807) is 12.4 Å². The first kappa shape index (κ1) is 20.9. The summed E-state index contributed by atoms with van der Waals surface area (Å²) < 4.78 is 25.7.